The first kappa shape index (κ1) is 13.0. The fraction of sp³-hybridized carbons (Fsp3) is 0.273. The zero-order valence-corrected chi connectivity index (χ0v) is 11.4. The first-order valence-electron chi connectivity index (χ1n) is 5.13. The van der Waals surface area contributed by atoms with E-state index in [1.807, 2.05) is 14.0 Å². The van der Waals surface area contributed by atoms with Crippen LogP contribution in [-0.4, -0.2) is 20.9 Å². The van der Waals surface area contributed by atoms with Crippen molar-refractivity contribution in [1.29, 1.82) is 0 Å². The third kappa shape index (κ3) is 2.54. The molecule has 18 heavy (non-hydrogen) atoms. The summed E-state index contributed by atoms with van der Waals surface area (Å²) in [5, 5.41) is 14.1. The first-order valence-corrected chi connectivity index (χ1v) is 6.49. The minimum absolute atomic E-state index is 0.0650. The van der Waals surface area contributed by atoms with Crippen LogP contribution in [0.25, 0.3) is 0 Å². The van der Waals surface area contributed by atoms with Crippen LogP contribution in [0, 0.1) is 6.92 Å². The molecule has 2 heterocycles. The Balaban J connectivity index is 2.09. The third-order valence-electron chi connectivity index (χ3n) is 2.40. The molecule has 0 atom stereocenters. The van der Waals surface area contributed by atoms with Crippen LogP contribution in [0.3, 0.4) is 0 Å². The molecule has 2 rings (SSSR count). The van der Waals surface area contributed by atoms with Gasteiger partial charge in [-0.25, -0.2) is 4.79 Å². The molecule has 0 saturated carbocycles. The van der Waals surface area contributed by atoms with Crippen LogP contribution in [-0.2, 0) is 12.8 Å². The second-order valence-corrected chi connectivity index (χ2v) is 5.04. The summed E-state index contributed by atoms with van der Waals surface area (Å²) >= 11 is 7.49. The largest absolute Gasteiger partial charge is 0.475 e. The number of hydrogen-bond donors (Lipinski definition) is 1. The van der Waals surface area contributed by atoms with E-state index in [-0.39, 0.29) is 5.76 Å². The monoisotopic (exact) mass is 286 g/mol. The summed E-state index contributed by atoms with van der Waals surface area (Å²) < 4.78 is 6.86. The molecule has 0 amide bonds. The Morgan fingerprint density at radius 3 is 2.83 bits per heavy atom. The molecule has 0 saturated heterocycles. The number of aromatic carboxylic acids is 1. The highest BCUT2D eigenvalue weighted by Crippen LogP contribution is 2.29. The number of hydrogen-bond acceptors (Lipinski definition) is 4. The van der Waals surface area contributed by atoms with E-state index < -0.39 is 5.97 Å². The molecule has 2 aromatic heterocycles. The van der Waals surface area contributed by atoms with E-state index in [1.165, 1.54) is 17.8 Å². The van der Waals surface area contributed by atoms with Gasteiger partial charge < -0.3 is 9.52 Å². The van der Waals surface area contributed by atoms with Crippen LogP contribution in [0.5, 0.6) is 0 Å². The highest BCUT2D eigenvalue weighted by molar-refractivity contribution is 7.98. The number of aryl methyl sites for hydroxylation is 2. The van der Waals surface area contributed by atoms with Crippen LogP contribution in [0.1, 0.15) is 21.9 Å². The van der Waals surface area contributed by atoms with Crippen molar-refractivity contribution < 1.29 is 14.3 Å². The molecule has 7 heteroatoms. The number of carbonyl (C=O) groups is 1. The lowest BCUT2D eigenvalue weighted by Crippen LogP contribution is -1.96. The van der Waals surface area contributed by atoms with Gasteiger partial charge in [0.25, 0.3) is 0 Å². The van der Waals surface area contributed by atoms with Crippen LogP contribution in [0.15, 0.2) is 21.6 Å². The maximum absolute atomic E-state index is 10.7. The number of carboxylic acids is 1. The minimum atomic E-state index is -1.07. The second kappa shape index (κ2) is 5.07. The Labute approximate surface area is 113 Å². The number of aromatic nitrogens is 2. The minimum Gasteiger partial charge on any atom is -0.475 e. The predicted molar refractivity (Wildman–Crippen MR) is 68.2 cm³/mol. The molecule has 0 aliphatic carbocycles. The lowest BCUT2D eigenvalue weighted by molar-refractivity contribution is 0.0656. The van der Waals surface area contributed by atoms with Gasteiger partial charge in [-0.1, -0.05) is 23.4 Å². The number of rotatable bonds is 4. The van der Waals surface area contributed by atoms with Crippen molar-refractivity contribution in [2.24, 2.45) is 7.05 Å². The molecule has 0 spiro atoms. The highest BCUT2D eigenvalue weighted by atomic mass is 35.5. The van der Waals surface area contributed by atoms with Gasteiger partial charge in [-0.3, -0.25) is 4.68 Å². The normalized spacial score (nSPS) is 10.8. The average Bonchev–Trinajstić information content (AvgIpc) is 2.85. The zero-order chi connectivity index (χ0) is 13.3. The fourth-order valence-corrected chi connectivity index (χ4v) is 2.72. The standard InChI is InChI=1S/C11H11ClN2O3S/c1-6-10(12)7(14(2)13-6)5-18-9-4-3-8(17-9)11(15)16/h3-4H,5H2,1-2H3,(H,15,16). The zero-order valence-electron chi connectivity index (χ0n) is 9.81. The second-order valence-electron chi connectivity index (χ2n) is 3.68. The number of halogens is 1. The molecular weight excluding hydrogens is 276 g/mol. The maximum Gasteiger partial charge on any atom is 0.371 e. The van der Waals surface area contributed by atoms with E-state index in [0.717, 1.165) is 11.4 Å². The van der Waals surface area contributed by atoms with Gasteiger partial charge in [-0.2, -0.15) is 5.10 Å². The van der Waals surface area contributed by atoms with E-state index in [4.69, 9.17) is 21.1 Å². The predicted octanol–water partition coefficient (Wildman–Crippen LogP) is 2.97. The number of thioether (sulfide) groups is 1. The number of carboxylic acid groups (broad SMARTS) is 1. The Hall–Kier alpha value is -1.40. The Morgan fingerprint density at radius 1 is 1.61 bits per heavy atom. The Bertz CT molecular complexity index is 591. The maximum atomic E-state index is 10.7. The van der Waals surface area contributed by atoms with Crippen molar-refractivity contribution in [2.75, 3.05) is 0 Å². The van der Waals surface area contributed by atoms with E-state index >= 15 is 0 Å². The van der Waals surface area contributed by atoms with Crippen molar-refractivity contribution in [3.63, 3.8) is 0 Å². The molecule has 0 bridgehead atoms. The fourth-order valence-electron chi connectivity index (χ4n) is 1.49. The Kier molecular flexibility index (Phi) is 3.68. The van der Waals surface area contributed by atoms with Gasteiger partial charge in [0.05, 0.1) is 16.4 Å². The van der Waals surface area contributed by atoms with Gasteiger partial charge in [-0.05, 0) is 19.1 Å². The van der Waals surface area contributed by atoms with E-state index in [9.17, 15) is 4.79 Å². The van der Waals surface area contributed by atoms with Crippen molar-refractivity contribution in [1.82, 2.24) is 9.78 Å². The van der Waals surface area contributed by atoms with Crippen LogP contribution in [0.4, 0.5) is 0 Å². The lowest BCUT2D eigenvalue weighted by atomic mass is 10.4. The summed E-state index contributed by atoms with van der Waals surface area (Å²) in [6.07, 6.45) is 0. The topological polar surface area (TPSA) is 68.3 Å². The summed E-state index contributed by atoms with van der Waals surface area (Å²) in [6, 6.07) is 3.06. The van der Waals surface area contributed by atoms with Crippen molar-refractivity contribution in [3.8, 4) is 0 Å². The average molecular weight is 287 g/mol. The molecular formula is C11H11ClN2O3S. The van der Waals surface area contributed by atoms with Crippen molar-refractivity contribution in [3.05, 3.63) is 34.3 Å². The van der Waals surface area contributed by atoms with Gasteiger partial charge in [0.1, 0.15) is 0 Å². The van der Waals surface area contributed by atoms with E-state index in [2.05, 4.69) is 5.10 Å². The van der Waals surface area contributed by atoms with Gasteiger partial charge in [0, 0.05) is 12.8 Å². The van der Waals surface area contributed by atoms with Crippen LogP contribution in [0.2, 0.25) is 5.02 Å². The van der Waals surface area contributed by atoms with Crippen molar-refractivity contribution in [2.45, 2.75) is 17.8 Å². The van der Waals surface area contributed by atoms with Crippen molar-refractivity contribution >= 4 is 29.3 Å². The summed E-state index contributed by atoms with van der Waals surface area (Å²) in [7, 11) is 1.82. The van der Waals surface area contributed by atoms with E-state index in [1.54, 1.807) is 10.7 Å². The molecule has 96 valence electrons. The smallest absolute Gasteiger partial charge is 0.371 e. The molecule has 5 nitrogen and oxygen atoms in total. The number of nitrogens with zero attached hydrogens (tertiary/aromatic N) is 2. The molecule has 0 radical (unpaired) electrons. The lowest BCUT2D eigenvalue weighted by Gasteiger charge is -2.00. The van der Waals surface area contributed by atoms with Crippen LogP contribution >= 0.6 is 23.4 Å². The molecule has 0 aliphatic rings. The molecule has 0 fully saturated rings. The quantitative estimate of drug-likeness (QED) is 0.875. The summed E-state index contributed by atoms with van der Waals surface area (Å²) in [5.74, 6) is -0.566. The van der Waals surface area contributed by atoms with Gasteiger partial charge in [-0.15, -0.1) is 0 Å². The first-order chi connectivity index (χ1) is 8.49. The molecule has 0 unspecified atom stereocenters. The SMILES string of the molecule is Cc1nn(C)c(CSc2ccc(C(=O)O)o2)c1Cl. The molecule has 0 aromatic carbocycles. The Morgan fingerprint density at radius 2 is 2.33 bits per heavy atom. The molecule has 1 N–H and O–H groups in total. The summed E-state index contributed by atoms with van der Waals surface area (Å²) in [4.78, 5) is 10.7. The molecule has 0 aliphatic heterocycles. The van der Waals surface area contributed by atoms with E-state index in [0.29, 0.717) is 15.9 Å². The highest BCUT2D eigenvalue weighted by Gasteiger charge is 2.13. The van der Waals surface area contributed by atoms with Gasteiger partial charge in [0.2, 0.25) is 5.76 Å². The third-order valence-corrected chi connectivity index (χ3v) is 3.82. The summed E-state index contributed by atoms with van der Waals surface area (Å²) in [5.41, 5.74) is 1.66. The summed E-state index contributed by atoms with van der Waals surface area (Å²) in [6.45, 7) is 1.84. The van der Waals surface area contributed by atoms with Gasteiger partial charge in [0.15, 0.2) is 5.09 Å². The van der Waals surface area contributed by atoms with Crippen LogP contribution < -0.4 is 0 Å². The van der Waals surface area contributed by atoms with Gasteiger partial charge >= 0.3 is 5.97 Å². The molecule has 2 aromatic rings. The number of furan rings is 1.